The summed E-state index contributed by atoms with van der Waals surface area (Å²) in [4.78, 5) is 15.1. The number of aromatic nitrogens is 1. The van der Waals surface area contributed by atoms with E-state index in [4.69, 9.17) is 14.2 Å². The minimum absolute atomic E-state index is 0.175. The van der Waals surface area contributed by atoms with Crippen LogP contribution < -0.4 is 14.2 Å². The van der Waals surface area contributed by atoms with Crippen LogP contribution in [0.3, 0.4) is 0 Å². The Morgan fingerprint density at radius 3 is 2.09 bits per heavy atom. The van der Waals surface area contributed by atoms with Gasteiger partial charge in [0, 0.05) is 12.1 Å². The summed E-state index contributed by atoms with van der Waals surface area (Å²) < 4.78 is 15.9. The van der Waals surface area contributed by atoms with Crippen LogP contribution in [-0.4, -0.2) is 42.5 Å². The summed E-state index contributed by atoms with van der Waals surface area (Å²) in [6, 6.07) is 6.31. The van der Waals surface area contributed by atoms with Gasteiger partial charge in [0.25, 0.3) is 0 Å². The van der Waals surface area contributed by atoms with Crippen LogP contribution in [-0.2, 0) is 6.61 Å². The van der Waals surface area contributed by atoms with Gasteiger partial charge in [0.2, 0.25) is 0 Å². The average molecular weight is 319 g/mol. The molecule has 1 aromatic heterocycles. The van der Waals surface area contributed by atoms with Crippen molar-refractivity contribution in [1.82, 2.24) is 4.98 Å². The summed E-state index contributed by atoms with van der Waals surface area (Å²) in [7, 11) is 4.50. The maximum atomic E-state index is 11.2. The molecule has 1 heterocycles. The zero-order valence-corrected chi connectivity index (χ0v) is 13.0. The quantitative estimate of drug-likeness (QED) is 0.840. The number of hydrogen-bond donors (Lipinski definition) is 2. The molecule has 0 saturated carbocycles. The third kappa shape index (κ3) is 3.35. The highest BCUT2D eigenvalue weighted by Crippen LogP contribution is 2.42. The van der Waals surface area contributed by atoms with Crippen molar-refractivity contribution in [3.05, 3.63) is 35.7 Å². The van der Waals surface area contributed by atoms with Crippen molar-refractivity contribution in [2.45, 2.75) is 6.61 Å². The number of aliphatic hydroxyl groups is 1. The molecule has 0 saturated heterocycles. The number of carbonyl (C=O) groups is 1. The molecule has 0 amide bonds. The van der Waals surface area contributed by atoms with Gasteiger partial charge in [-0.2, -0.15) is 0 Å². The molecule has 122 valence electrons. The van der Waals surface area contributed by atoms with E-state index < -0.39 is 5.97 Å². The van der Waals surface area contributed by atoms with Crippen molar-refractivity contribution in [3.63, 3.8) is 0 Å². The van der Waals surface area contributed by atoms with Crippen LogP contribution in [0.2, 0.25) is 0 Å². The second-order valence-electron chi connectivity index (χ2n) is 4.60. The maximum Gasteiger partial charge on any atom is 0.354 e. The molecule has 0 fully saturated rings. The lowest BCUT2D eigenvalue weighted by atomic mass is 10.0. The molecule has 7 heteroatoms. The normalized spacial score (nSPS) is 10.3. The SMILES string of the molecule is COc1cc(OC)c(-c2cc(CO)nc(C(=O)O)c2)c(OC)c1. The number of ether oxygens (including phenoxy) is 3. The molecule has 0 unspecified atom stereocenters. The van der Waals surface area contributed by atoms with Gasteiger partial charge in [0.05, 0.1) is 39.2 Å². The van der Waals surface area contributed by atoms with Crippen molar-refractivity contribution in [3.8, 4) is 28.4 Å². The van der Waals surface area contributed by atoms with Gasteiger partial charge in [-0.15, -0.1) is 0 Å². The first-order chi connectivity index (χ1) is 11.0. The van der Waals surface area contributed by atoms with E-state index in [-0.39, 0.29) is 18.0 Å². The third-order valence-corrected chi connectivity index (χ3v) is 3.26. The number of carboxylic acids is 1. The van der Waals surface area contributed by atoms with E-state index in [1.165, 1.54) is 27.4 Å². The third-order valence-electron chi connectivity index (χ3n) is 3.26. The fourth-order valence-corrected chi connectivity index (χ4v) is 2.21. The Kier molecular flexibility index (Phi) is 5.02. The topological polar surface area (TPSA) is 98.1 Å². The van der Waals surface area contributed by atoms with E-state index in [1.54, 1.807) is 18.2 Å². The van der Waals surface area contributed by atoms with Gasteiger partial charge in [-0.05, 0) is 17.7 Å². The second-order valence-corrected chi connectivity index (χ2v) is 4.60. The number of aliphatic hydroxyl groups excluding tert-OH is 1. The van der Waals surface area contributed by atoms with E-state index in [0.29, 0.717) is 28.4 Å². The number of hydrogen-bond acceptors (Lipinski definition) is 6. The Morgan fingerprint density at radius 1 is 1.04 bits per heavy atom. The molecule has 2 aromatic rings. The minimum Gasteiger partial charge on any atom is -0.496 e. The molecular formula is C16H17NO6. The van der Waals surface area contributed by atoms with E-state index in [2.05, 4.69) is 4.98 Å². The molecule has 7 nitrogen and oxygen atoms in total. The van der Waals surface area contributed by atoms with Gasteiger partial charge < -0.3 is 24.4 Å². The van der Waals surface area contributed by atoms with Gasteiger partial charge in [-0.1, -0.05) is 0 Å². The molecule has 0 aliphatic carbocycles. The van der Waals surface area contributed by atoms with Crippen LogP contribution in [0.5, 0.6) is 17.2 Å². The van der Waals surface area contributed by atoms with Crippen LogP contribution >= 0.6 is 0 Å². The van der Waals surface area contributed by atoms with Gasteiger partial charge in [0.15, 0.2) is 0 Å². The fourth-order valence-electron chi connectivity index (χ4n) is 2.21. The summed E-state index contributed by atoms with van der Waals surface area (Å²) in [6.45, 7) is -0.380. The Hall–Kier alpha value is -2.80. The number of aromatic carboxylic acids is 1. The molecule has 0 radical (unpaired) electrons. The highest BCUT2D eigenvalue weighted by Gasteiger charge is 2.18. The highest BCUT2D eigenvalue weighted by molar-refractivity contribution is 5.89. The summed E-state index contributed by atoms with van der Waals surface area (Å²) in [5.74, 6) is 0.255. The number of carboxylic acid groups (broad SMARTS) is 1. The molecule has 2 rings (SSSR count). The number of benzene rings is 1. The molecule has 0 aliphatic rings. The van der Waals surface area contributed by atoms with E-state index in [0.717, 1.165) is 0 Å². The Labute approximate surface area is 133 Å². The van der Waals surface area contributed by atoms with Crippen LogP contribution in [0.1, 0.15) is 16.2 Å². The zero-order valence-electron chi connectivity index (χ0n) is 13.0. The van der Waals surface area contributed by atoms with Crippen LogP contribution in [0.15, 0.2) is 24.3 Å². The zero-order chi connectivity index (χ0) is 17.0. The number of nitrogens with zero attached hydrogens (tertiary/aromatic N) is 1. The van der Waals surface area contributed by atoms with Crippen molar-refractivity contribution < 1.29 is 29.2 Å². The van der Waals surface area contributed by atoms with Crippen molar-refractivity contribution >= 4 is 5.97 Å². The van der Waals surface area contributed by atoms with Crippen LogP contribution in [0, 0.1) is 0 Å². The Balaban J connectivity index is 2.74. The summed E-state index contributed by atoms with van der Waals surface area (Å²) in [6.07, 6.45) is 0. The summed E-state index contributed by atoms with van der Waals surface area (Å²) in [5, 5.41) is 18.5. The number of methoxy groups -OCH3 is 3. The number of rotatable bonds is 6. The Morgan fingerprint density at radius 2 is 1.65 bits per heavy atom. The summed E-state index contributed by atoms with van der Waals surface area (Å²) >= 11 is 0. The largest absolute Gasteiger partial charge is 0.496 e. The second kappa shape index (κ2) is 6.97. The van der Waals surface area contributed by atoms with Crippen LogP contribution in [0.25, 0.3) is 11.1 Å². The van der Waals surface area contributed by atoms with Crippen molar-refractivity contribution in [1.29, 1.82) is 0 Å². The van der Waals surface area contributed by atoms with Gasteiger partial charge >= 0.3 is 5.97 Å². The van der Waals surface area contributed by atoms with Crippen LogP contribution in [0.4, 0.5) is 0 Å². The monoisotopic (exact) mass is 319 g/mol. The first kappa shape index (κ1) is 16.6. The first-order valence-electron chi connectivity index (χ1n) is 6.69. The highest BCUT2D eigenvalue weighted by atomic mass is 16.5. The van der Waals surface area contributed by atoms with E-state index in [9.17, 15) is 15.0 Å². The van der Waals surface area contributed by atoms with E-state index in [1.807, 2.05) is 0 Å². The van der Waals surface area contributed by atoms with Gasteiger partial charge in [-0.3, -0.25) is 0 Å². The summed E-state index contributed by atoms with van der Waals surface area (Å²) in [5.41, 5.74) is 1.12. The molecular weight excluding hydrogens is 302 g/mol. The van der Waals surface area contributed by atoms with Crippen molar-refractivity contribution in [2.24, 2.45) is 0 Å². The minimum atomic E-state index is -1.19. The molecule has 0 spiro atoms. The van der Waals surface area contributed by atoms with Gasteiger partial charge in [0.1, 0.15) is 22.9 Å². The Bertz CT molecular complexity index is 704. The predicted molar refractivity (Wildman–Crippen MR) is 82.2 cm³/mol. The predicted octanol–water partition coefficient (Wildman–Crippen LogP) is 1.96. The lowest BCUT2D eigenvalue weighted by Crippen LogP contribution is -2.04. The molecule has 23 heavy (non-hydrogen) atoms. The standard InChI is InChI=1S/C16H17NO6/c1-21-11-6-13(22-2)15(14(7-11)23-3)9-4-10(8-18)17-12(5-9)16(19)20/h4-7,18H,8H2,1-3H3,(H,19,20). The lowest BCUT2D eigenvalue weighted by molar-refractivity contribution is 0.0690. The molecule has 1 aromatic carbocycles. The molecule has 2 N–H and O–H groups in total. The lowest BCUT2D eigenvalue weighted by Gasteiger charge is -2.16. The fraction of sp³-hybridized carbons (Fsp3) is 0.250. The number of pyridine rings is 1. The van der Waals surface area contributed by atoms with Crippen molar-refractivity contribution in [2.75, 3.05) is 21.3 Å². The average Bonchev–Trinajstić information content (AvgIpc) is 2.59. The molecule has 0 bridgehead atoms. The smallest absolute Gasteiger partial charge is 0.354 e. The maximum absolute atomic E-state index is 11.2. The first-order valence-corrected chi connectivity index (χ1v) is 6.69. The van der Waals surface area contributed by atoms with Gasteiger partial charge in [-0.25, -0.2) is 9.78 Å². The molecule has 0 aliphatic heterocycles. The molecule has 0 atom stereocenters. The van der Waals surface area contributed by atoms with E-state index >= 15 is 0 Å².